The molecule has 0 bridgehead atoms. The van der Waals surface area contributed by atoms with Crippen LogP contribution >= 0.6 is 0 Å². The molecule has 1 atom stereocenters. The molecule has 0 aromatic heterocycles. The van der Waals surface area contributed by atoms with Gasteiger partial charge in [0.2, 0.25) is 0 Å². The lowest BCUT2D eigenvalue weighted by atomic mass is 10.2. The fourth-order valence-corrected chi connectivity index (χ4v) is 2.40. The summed E-state index contributed by atoms with van der Waals surface area (Å²) >= 11 is 0. The molecule has 0 aromatic carbocycles. The Morgan fingerprint density at radius 3 is 2.32 bits per heavy atom. The third-order valence-corrected chi connectivity index (χ3v) is 4.01. The quantitative estimate of drug-likeness (QED) is 0.696. The Kier molecular flexibility index (Phi) is 8.57. The van der Waals surface area contributed by atoms with E-state index in [1.165, 1.54) is 6.42 Å². The van der Waals surface area contributed by atoms with Gasteiger partial charge in [-0.3, -0.25) is 4.90 Å². The topological polar surface area (TPSA) is 42.0 Å². The van der Waals surface area contributed by atoms with Crippen molar-refractivity contribution in [1.82, 2.24) is 20.0 Å². The van der Waals surface area contributed by atoms with Gasteiger partial charge in [-0.15, -0.1) is 0 Å². The first-order valence-corrected chi connectivity index (χ1v) is 7.56. The molecule has 19 heavy (non-hydrogen) atoms. The molecule has 5 nitrogen and oxygen atoms in total. The lowest BCUT2D eigenvalue weighted by Gasteiger charge is -2.29. The first-order valence-electron chi connectivity index (χ1n) is 7.56. The summed E-state index contributed by atoms with van der Waals surface area (Å²) in [7, 11) is 4.38. The highest BCUT2D eigenvalue weighted by atomic mass is 16.3. The average Bonchev–Trinajstić information content (AvgIpc) is 2.40. The number of hydrogen-bond donors (Lipinski definition) is 2. The van der Waals surface area contributed by atoms with Crippen LogP contribution < -0.4 is 5.32 Å². The number of nitrogens with one attached hydrogen (secondary N) is 1. The highest BCUT2D eigenvalue weighted by Crippen LogP contribution is 2.02. The maximum absolute atomic E-state index is 9.44. The van der Waals surface area contributed by atoms with E-state index in [1.54, 1.807) is 0 Å². The Balaban J connectivity index is 2.43. The van der Waals surface area contributed by atoms with Crippen molar-refractivity contribution in [2.75, 3.05) is 66.6 Å². The van der Waals surface area contributed by atoms with Crippen molar-refractivity contribution >= 4 is 0 Å². The monoisotopic (exact) mass is 272 g/mol. The van der Waals surface area contributed by atoms with Gasteiger partial charge in [-0.25, -0.2) is 0 Å². The van der Waals surface area contributed by atoms with E-state index in [0.717, 1.165) is 52.2 Å². The number of hydrogen-bond acceptors (Lipinski definition) is 5. The van der Waals surface area contributed by atoms with Crippen LogP contribution in [0.2, 0.25) is 0 Å². The molecule has 1 fully saturated rings. The summed E-state index contributed by atoms with van der Waals surface area (Å²) in [6.45, 7) is 9.82. The minimum Gasteiger partial charge on any atom is -0.381 e. The SMILES string of the molecule is CC1CNCCN(C)CCN(C)CCCCN1CO. The first-order chi connectivity index (χ1) is 9.13. The van der Waals surface area contributed by atoms with Gasteiger partial charge < -0.3 is 20.2 Å². The van der Waals surface area contributed by atoms with E-state index in [0.29, 0.717) is 6.04 Å². The van der Waals surface area contributed by atoms with Crippen LogP contribution in [0.25, 0.3) is 0 Å². The third kappa shape index (κ3) is 7.22. The molecule has 5 heteroatoms. The van der Waals surface area contributed by atoms with Crippen LogP contribution in [0.3, 0.4) is 0 Å². The van der Waals surface area contributed by atoms with E-state index in [4.69, 9.17) is 0 Å². The molecule has 114 valence electrons. The molecule has 1 heterocycles. The largest absolute Gasteiger partial charge is 0.381 e. The number of likely N-dealkylation sites (N-methyl/N-ethyl adjacent to an activating group) is 2. The predicted molar refractivity (Wildman–Crippen MR) is 80.4 cm³/mol. The maximum Gasteiger partial charge on any atom is 0.0959 e. The fourth-order valence-electron chi connectivity index (χ4n) is 2.40. The predicted octanol–water partition coefficient (Wildman–Crippen LogP) is -0.126. The van der Waals surface area contributed by atoms with Crippen molar-refractivity contribution in [2.24, 2.45) is 0 Å². The van der Waals surface area contributed by atoms with Crippen LogP contribution in [0.4, 0.5) is 0 Å². The summed E-state index contributed by atoms with van der Waals surface area (Å²) in [5.74, 6) is 0. The molecule has 1 rings (SSSR count). The zero-order valence-corrected chi connectivity index (χ0v) is 12.9. The summed E-state index contributed by atoms with van der Waals surface area (Å²) in [4.78, 5) is 6.94. The Morgan fingerprint density at radius 2 is 1.63 bits per heavy atom. The van der Waals surface area contributed by atoms with E-state index >= 15 is 0 Å². The summed E-state index contributed by atoms with van der Waals surface area (Å²) in [5, 5.41) is 12.9. The van der Waals surface area contributed by atoms with Gasteiger partial charge in [-0.1, -0.05) is 0 Å². The molecule has 1 aliphatic rings. The summed E-state index contributed by atoms with van der Waals surface area (Å²) in [6.07, 6.45) is 2.36. The molecule has 0 saturated carbocycles. The zero-order chi connectivity index (χ0) is 14.1. The summed E-state index contributed by atoms with van der Waals surface area (Å²) in [5.41, 5.74) is 0. The molecule has 1 unspecified atom stereocenters. The maximum atomic E-state index is 9.44. The average molecular weight is 272 g/mol. The molecule has 2 N–H and O–H groups in total. The van der Waals surface area contributed by atoms with Crippen molar-refractivity contribution in [2.45, 2.75) is 25.8 Å². The Labute approximate surface area is 118 Å². The van der Waals surface area contributed by atoms with Crippen molar-refractivity contribution in [3.05, 3.63) is 0 Å². The van der Waals surface area contributed by atoms with Gasteiger partial charge in [0, 0.05) is 45.3 Å². The molecule has 0 radical (unpaired) electrons. The molecule has 1 saturated heterocycles. The number of nitrogens with zero attached hydrogens (tertiary/aromatic N) is 3. The Morgan fingerprint density at radius 1 is 1.00 bits per heavy atom. The molecule has 0 aromatic rings. The van der Waals surface area contributed by atoms with Gasteiger partial charge in [0.15, 0.2) is 0 Å². The van der Waals surface area contributed by atoms with Crippen LogP contribution in [-0.2, 0) is 0 Å². The molecular weight excluding hydrogens is 240 g/mol. The summed E-state index contributed by atoms with van der Waals surface area (Å²) in [6, 6.07) is 0.399. The van der Waals surface area contributed by atoms with Gasteiger partial charge in [-0.2, -0.15) is 0 Å². The van der Waals surface area contributed by atoms with Crippen LogP contribution in [0, 0.1) is 0 Å². The van der Waals surface area contributed by atoms with E-state index < -0.39 is 0 Å². The lowest BCUT2D eigenvalue weighted by molar-refractivity contribution is 0.0706. The molecule has 1 aliphatic heterocycles. The van der Waals surface area contributed by atoms with Crippen LogP contribution in [0.1, 0.15) is 19.8 Å². The Hall–Kier alpha value is -0.200. The van der Waals surface area contributed by atoms with Crippen LogP contribution in [-0.4, -0.2) is 92.5 Å². The van der Waals surface area contributed by atoms with E-state index in [9.17, 15) is 5.11 Å². The van der Waals surface area contributed by atoms with Gasteiger partial charge in [0.25, 0.3) is 0 Å². The van der Waals surface area contributed by atoms with Gasteiger partial charge in [-0.05, 0) is 40.4 Å². The zero-order valence-electron chi connectivity index (χ0n) is 12.9. The second kappa shape index (κ2) is 9.66. The van der Waals surface area contributed by atoms with Crippen molar-refractivity contribution in [3.8, 4) is 0 Å². The van der Waals surface area contributed by atoms with Gasteiger partial charge in [0.1, 0.15) is 0 Å². The van der Waals surface area contributed by atoms with Gasteiger partial charge in [0.05, 0.1) is 6.73 Å². The van der Waals surface area contributed by atoms with Crippen LogP contribution in [0.5, 0.6) is 0 Å². The van der Waals surface area contributed by atoms with Crippen LogP contribution in [0.15, 0.2) is 0 Å². The molecule has 0 spiro atoms. The third-order valence-electron chi connectivity index (χ3n) is 4.01. The van der Waals surface area contributed by atoms with Crippen molar-refractivity contribution in [3.63, 3.8) is 0 Å². The molecular formula is C14H32N4O. The lowest BCUT2D eigenvalue weighted by Crippen LogP contribution is -2.44. The van der Waals surface area contributed by atoms with Crippen molar-refractivity contribution in [1.29, 1.82) is 0 Å². The van der Waals surface area contributed by atoms with E-state index in [-0.39, 0.29) is 6.73 Å². The van der Waals surface area contributed by atoms with E-state index in [2.05, 4.69) is 41.0 Å². The van der Waals surface area contributed by atoms with E-state index in [1.807, 2.05) is 0 Å². The van der Waals surface area contributed by atoms with Crippen molar-refractivity contribution < 1.29 is 5.11 Å². The number of aliphatic hydroxyl groups is 1. The minimum atomic E-state index is 0.165. The molecule has 0 amide bonds. The number of rotatable bonds is 1. The fraction of sp³-hybridized carbons (Fsp3) is 1.00. The van der Waals surface area contributed by atoms with Gasteiger partial charge >= 0.3 is 0 Å². The minimum absolute atomic E-state index is 0.165. The molecule has 0 aliphatic carbocycles. The summed E-state index contributed by atoms with van der Waals surface area (Å²) < 4.78 is 0. The standard InChI is InChI=1S/C14H32N4O/c1-14-12-15-6-9-17(3)11-10-16(2)7-4-5-8-18(14)13-19/h14-15,19H,4-13H2,1-3H3. The highest BCUT2D eigenvalue weighted by molar-refractivity contribution is 4.69. The Bertz CT molecular complexity index is 227. The second-order valence-electron chi connectivity index (χ2n) is 5.82. The second-order valence-corrected chi connectivity index (χ2v) is 5.82. The first kappa shape index (κ1) is 16.9. The highest BCUT2D eigenvalue weighted by Gasteiger charge is 2.12. The normalized spacial score (nSPS) is 28.1. The number of aliphatic hydroxyl groups excluding tert-OH is 1. The smallest absolute Gasteiger partial charge is 0.0959 e.